The Labute approximate surface area is 127 Å². The van der Waals surface area contributed by atoms with Crippen molar-refractivity contribution in [2.45, 2.75) is 38.3 Å². The molecule has 0 saturated carbocycles. The lowest BCUT2D eigenvalue weighted by Gasteiger charge is -2.37. The summed E-state index contributed by atoms with van der Waals surface area (Å²) in [7, 11) is 4.38. The second-order valence-corrected chi connectivity index (χ2v) is 6.47. The number of halogens is 1. The molecule has 1 saturated heterocycles. The number of hydrogen-bond acceptors (Lipinski definition) is 3. The highest BCUT2D eigenvalue weighted by Gasteiger charge is 2.23. The van der Waals surface area contributed by atoms with Gasteiger partial charge in [-0.2, -0.15) is 0 Å². The van der Waals surface area contributed by atoms with Gasteiger partial charge in [0.15, 0.2) is 0 Å². The molecule has 0 spiro atoms. The Morgan fingerprint density at radius 1 is 1.40 bits per heavy atom. The normalized spacial score (nSPS) is 19.1. The van der Waals surface area contributed by atoms with E-state index in [-0.39, 0.29) is 6.04 Å². The first kappa shape index (κ1) is 15.6. The standard InChI is InChI=1S/C16H26ClN3/c1-12(18)11-14-15(17)5-4-6-16(14)20(3)13-7-9-19(2)10-8-13/h4-6,12-13H,7-11,18H2,1-3H3. The lowest BCUT2D eigenvalue weighted by Crippen LogP contribution is -2.42. The summed E-state index contributed by atoms with van der Waals surface area (Å²) in [4.78, 5) is 4.79. The molecule has 0 aromatic heterocycles. The molecule has 1 aliphatic heterocycles. The molecule has 1 heterocycles. The minimum absolute atomic E-state index is 0.125. The van der Waals surface area contributed by atoms with Gasteiger partial charge in [0.2, 0.25) is 0 Å². The molecule has 0 bridgehead atoms. The molecule has 4 heteroatoms. The number of nitrogens with zero attached hydrogens (tertiary/aromatic N) is 2. The Kier molecular flexibility index (Phi) is 5.30. The van der Waals surface area contributed by atoms with Gasteiger partial charge in [-0.25, -0.2) is 0 Å². The highest BCUT2D eigenvalue weighted by Crippen LogP contribution is 2.31. The van der Waals surface area contributed by atoms with Gasteiger partial charge in [0.1, 0.15) is 0 Å². The van der Waals surface area contributed by atoms with Crippen LogP contribution < -0.4 is 10.6 Å². The van der Waals surface area contributed by atoms with Crippen molar-refractivity contribution in [3.05, 3.63) is 28.8 Å². The lowest BCUT2D eigenvalue weighted by molar-refractivity contribution is 0.252. The van der Waals surface area contributed by atoms with E-state index in [1.165, 1.54) is 24.1 Å². The van der Waals surface area contributed by atoms with Crippen LogP contribution in [-0.4, -0.2) is 44.2 Å². The number of piperidine rings is 1. The third-order valence-electron chi connectivity index (χ3n) is 4.24. The molecule has 1 aromatic carbocycles. The number of anilines is 1. The van der Waals surface area contributed by atoms with Gasteiger partial charge in [-0.1, -0.05) is 17.7 Å². The molecular weight excluding hydrogens is 270 g/mol. The van der Waals surface area contributed by atoms with E-state index in [4.69, 9.17) is 17.3 Å². The fraction of sp³-hybridized carbons (Fsp3) is 0.625. The monoisotopic (exact) mass is 295 g/mol. The van der Waals surface area contributed by atoms with Gasteiger partial charge in [0, 0.05) is 29.8 Å². The smallest absolute Gasteiger partial charge is 0.0459 e. The SMILES string of the molecule is CC(N)Cc1c(Cl)cccc1N(C)C1CCN(C)CC1. The molecule has 0 radical (unpaired) electrons. The predicted octanol–water partition coefficient (Wildman–Crippen LogP) is 2.76. The number of hydrogen-bond donors (Lipinski definition) is 1. The molecule has 3 nitrogen and oxygen atoms in total. The van der Waals surface area contributed by atoms with Crippen LogP contribution in [0.3, 0.4) is 0 Å². The summed E-state index contributed by atoms with van der Waals surface area (Å²) < 4.78 is 0. The second-order valence-electron chi connectivity index (χ2n) is 6.06. The molecule has 1 atom stereocenters. The average molecular weight is 296 g/mol. The Morgan fingerprint density at radius 2 is 2.05 bits per heavy atom. The van der Waals surface area contributed by atoms with Crippen LogP contribution >= 0.6 is 11.6 Å². The fourth-order valence-corrected chi connectivity index (χ4v) is 3.23. The van der Waals surface area contributed by atoms with Crippen molar-refractivity contribution in [2.24, 2.45) is 5.73 Å². The van der Waals surface area contributed by atoms with E-state index in [2.05, 4.69) is 30.0 Å². The molecule has 0 amide bonds. The van der Waals surface area contributed by atoms with Crippen LogP contribution in [0.1, 0.15) is 25.3 Å². The summed E-state index contributed by atoms with van der Waals surface area (Å²) in [5.41, 5.74) is 8.40. The maximum absolute atomic E-state index is 6.39. The number of benzene rings is 1. The predicted molar refractivity (Wildman–Crippen MR) is 87.7 cm³/mol. The topological polar surface area (TPSA) is 32.5 Å². The minimum Gasteiger partial charge on any atom is -0.371 e. The molecule has 2 N–H and O–H groups in total. The van der Waals surface area contributed by atoms with Gasteiger partial charge in [-0.3, -0.25) is 0 Å². The Balaban J connectivity index is 2.20. The molecule has 112 valence electrons. The van der Waals surface area contributed by atoms with Crippen LogP contribution in [0.5, 0.6) is 0 Å². The van der Waals surface area contributed by atoms with Crippen molar-refractivity contribution in [3.8, 4) is 0 Å². The molecule has 0 aliphatic carbocycles. The largest absolute Gasteiger partial charge is 0.371 e. The summed E-state index contributed by atoms with van der Waals surface area (Å²) in [5, 5.41) is 0.833. The minimum atomic E-state index is 0.125. The van der Waals surface area contributed by atoms with Crippen LogP contribution in [0, 0.1) is 0 Å². The van der Waals surface area contributed by atoms with Crippen LogP contribution in [0.2, 0.25) is 5.02 Å². The van der Waals surface area contributed by atoms with Crippen LogP contribution in [0.4, 0.5) is 5.69 Å². The van der Waals surface area contributed by atoms with Gasteiger partial charge < -0.3 is 15.5 Å². The summed E-state index contributed by atoms with van der Waals surface area (Å²) in [6, 6.07) is 6.89. The molecule has 20 heavy (non-hydrogen) atoms. The van der Waals surface area contributed by atoms with Gasteiger partial charge >= 0.3 is 0 Å². The van der Waals surface area contributed by atoms with E-state index in [0.29, 0.717) is 6.04 Å². The van der Waals surface area contributed by atoms with E-state index >= 15 is 0 Å². The third kappa shape index (κ3) is 3.66. The molecular formula is C16H26ClN3. The van der Waals surface area contributed by atoms with E-state index in [1.54, 1.807) is 0 Å². The zero-order valence-electron chi connectivity index (χ0n) is 12.8. The van der Waals surface area contributed by atoms with Gasteiger partial charge in [-0.05, 0) is 64.0 Å². The first-order valence-electron chi connectivity index (χ1n) is 7.43. The Morgan fingerprint density at radius 3 is 2.65 bits per heavy atom. The maximum Gasteiger partial charge on any atom is 0.0459 e. The van der Waals surface area contributed by atoms with E-state index in [1.807, 2.05) is 19.1 Å². The summed E-state index contributed by atoms with van der Waals surface area (Å²) in [6.07, 6.45) is 3.24. The number of nitrogens with two attached hydrogens (primary N) is 1. The highest BCUT2D eigenvalue weighted by molar-refractivity contribution is 6.31. The maximum atomic E-state index is 6.39. The molecule has 2 rings (SSSR count). The Hall–Kier alpha value is -0.770. The van der Waals surface area contributed by atoms with Crippen molar-refractivity contribution in [1.82, 2.24) is 4.90 Å². The van der Waals surface area contributed by atoms with Gasteiger partial charge in [0.25, 0.3) is 0 Å². The fourth-order valence-electron chi connectivity index (χ4n) is 2.98. The first-order chi connectivity index (χ1) is 9.49. The van der Waals surface area contributed by atoms with E-state index < -0.39 is 0 Å². The quantitative estimate of drug-likeness (QED) is 0.927. The lowest BCUT2D eigenvalue weighted by atomic mass is 10.00. The van der Waals surface area contributed by atoms with Crippen molar-refractivity contribution in [3.63, 3.8) is 0 Å². The van der Waals surface area contributed by atoms with Crippen molar-refractivity contribution in [2.75, 3.05) is 32.1 Å². The van der Waals surface area contributed by atoms with Crippen molar-refractivity contribution < 1.29 is 0 Å². The summed E-state index contributed by atoms with van der Waals surface area (Å²) in [6.45, 7) is 4.36. The average Bonchev–Trinajstić information content (AvgIpc) is 2.41. The van der Waals surface area contributed by atoms with Gasteiger partial charge in [0.05, 0.1) is 0 Å². The zero-order chi connectivity index (χ0) is 14.7. The highest BCUT2D eigenvalue weighted by atomic mass is 35.5. The number of rotatable bonds is 4. The van der Waals surface area contributed by atoms with Gasteiger partial charge in [-0.15, -0.1) is 0 Å². The van der Waals surface area contributed by atoms with Crippen molar-refractivity contribution in [1.29, 1.82) is 0 Å². The Bertz CT molecular complexity index is 439. The van der Waals surface area contributed by atoms with Crippen LogP contribution in [0.15, 0.2) is 18.2 Å². The summed E-state index contributed by atoms with van der Waals surface area (Å²) >= 11 is 6.39. The third-order valence-corrected chi connectivity index (χ3v) is 4.59. The number of likely N-dealkylation sites (tertiary alicyclic amines) is 1. The van der Waals surface area contributed by atoms with E-state index in [9.17, 15) is 0 Å². The van der Waals surface area contributed by atoms with Crippen LogP contribution in [-0.2, 0) is 6.42 Å². The molecule has 1 aliphatic rings. The van der Waals surface area contributed by atoms with Crippen molar-refractivity contribution >= 4 is 17.3 Å². The second kappa shape index (κ2) is 6.79. The van der Waals surface area contributed by atoms with E-state index in [0.717, 1.165) is 24.5 Å². The zero-order valence-corrected chi connectivity index (χ0v) is 13.5. The summed E-state index contributed by atoms with van der Waals surface area (Å²) in [5.74, 6) is 0. The first-order valence-corrected chi connectivity index (χ1v) is 7.81. The molecule has 1 fully saturated rings. The molecule has 1 aromatic rings. The molecule has 1 unspecified atom stereocenters. The van der Waals surface area contributed by atoms with Crippen LogP contribution in [0.25, 0.3) is 0 Å².